The number of aryl methyl sites for hydroxylation is 2. The Kier molecular flexibility index (Phi) is 5.04. The van der Waals surface area contributed by atoms with Crippen molar-refractivity contribution in [3.05, 3.63) is 106 Å². The lowest BCUT2D eigenvalue weighted by molar-refractivity contribution is -0.383. The number of aromatic nitrogens is 1. The maximum absolute atomic E-state index is 11.5. The van der Waals surface area contributed by atoms with Gasteiger partial charge in [0.05, 0.1) is 10.3 Å². The summed E-state index contributed by atoms with van der Waals surface area (Å²) in [5, 5.41) is 17.9. The van der Waals surface area contributed by atoms with E-state index in [1.165, 1.54) is 28.3 Å². The van der Waals surface area contributed by atoms with E-state index >= 15 is 0 Å². The molecule has 0 atom stereocenters. The SMILES string of the molecule is O=[N+]([O-])c1cc2ccccc2c2ccc3c(c12)CCCC3.c1ccc2cnccc2c1. The number of benzene rings is 4. The van der Waals surface area contributed by atoms with Crippen molar-refractivity contribution >= 4 is 38.0 Å². The first-order valence-electron chi connectivity index (χ1n) is 10.6. The van der Waals surface area contributed by atoms with Gasteiger partial charge in [-0.15, -0.1) is 0 Å². The Morgan fingerprint density at radius 1 is 0.774 bits per heavy atom. The Hall–Kier alpha value is -3.79. The Labute approximate surface area is 180 Å². The fourth-order valence-electron chi connectivity index (χ4n) is 4.60. The van der Waals surface area contributed by atoms with Crippen molar-refractivity contribution in [2.75, 3.05) is 0 Å². The molecule has 6 rings (SSSR count). The van der Waals surface area contributed by atoms with Crippen molar-refractivity contribution in [1.82, 2.24) is 4.98 Å². The van der Waals surface area contributed by atoms with Gasteiger partial charge in [-0.2, -0.15) is 0 Å². The maximum atomic E-state index is 11.5. The van der Waals surface area contributed by atoms with Crippen LogP contribution in [0.1, 0.15) is 24.0 Å². The van der Waals surface area contributed by atoms with Gasteiger partial charge < -0.3 is 0 Å². The molecule has 152 valence electrons. The molecule has 0 fully saturated rings. The highest BCUT2D eigenvalue weighted by molar-refractivity contribution is 6.13. The molecule has 31 heavy (non-hydrogen) atoms. The molecule has 0 bridgehead atoms. The van der Waals surface area contributed by atoms with Crippen LogP contribution in [0, 0.1) is 10.1 Å². The molecule has 5 aromatic rings. The van der Waals surface area contributed by atoms with Crippen molar-refractivity contribution < 1.29 is 4.92 Å². The van der Waals surface area contributed by atoms with E-state index in [1.807, 2.05) is 48.8 Å². The molecule has 0 spiro atoms. The standard InChI is InChI=1S/C18H15NO2.C9H7N/c20-19(21)17-11-13-6-2-3-7-14(13)16-10-9-12-5-1-4-8-15(12)18(16)17;1-2-4-9-7-10-6-5-8(9)3-1/h2-3,6-7,9-11H,1,4-5,8H2;1-7H. The van der Waals surface area contributed by atoms with Crippen LogP contribution in [0.5, 0.6) is 0 Å². The number of nitro benzene ring substituents is 1. The van der Waals surface area contributed by atoms with Crippen LogP contribution in [0.15, 0.2) is 85.2 Å². The fraction of sp³-hybridized carbons (Fsp3) is 0.148. The van der Waals surface area contributed by atoms with Crippen LogP contribution in [-0.2, 0) is 12.8 Å². The van der Waals surface area contributed by atoms with Gasteiger partial charge in [0.1, 0.15) is 0 Å². The van der Waals surface area contributed by atoms with Crippen LogP contribution in [0.25, 0.3) is 32.3 Å². The summed E-state index contributed by atoms with van der Waals surface area (Å²) in [6.45, 7) is 0. The van der Waals surface area contributed by atoms with Crippen molar-refractivity contribution in [3.63, 3.8) is 0 Å². The van der Waals surface area contributed by atoms with Crippen molar-refractivity contribution in [3.8, 4) is 0 Å². The van der Waals surface area contributed by atoms with E-state index in [-0.39, 0.29) is 10.6 Å². The number of nitrogens with zero attached hydrogens (tertiary/aromatic N) is 2. The monoisotopic (exact) mass is 406 g/mol. The van der Waals surface area contributed by atoms with Crippen molar-refractivity contribution in [2.45, 2.75) is 25.7 Å². The quantitative estimate of drug-likeness (QED) is 0.171. The molecule has 1 aliphatic carbocycles. The number of fused-ring (bicyclic) bond motifs is 6. The van der Waals surface area contributed by atoms with Crippen LogP contribution in [0.3, 0.4) is 0 Å². The number of nitro groups is 1. The smallest absolute Gasteiger partial charge is 0.264 e. The number of rotatable bonds is 1. The van der Waals surface area contributed by atoms with Crippen molar-refractivity contribution in [1.29, 1.82) is 0 Å². The molecular formula is C27H22N2O2. The highest BCUT2D eigenvalue weighted by atomic mass is 16.6. The Morgan fingerprint density at radius 2 is 1.52 bits per heavy atom. The van der Waals surface area contributed by atoms with E-state index in [0.717, 1.165) is 40.8 Å². The zero-order valence-corrected chi connectivity index (χ0v) is 17.1. The largest absolute Gasteiger partial charge is 0.278 e. The highest BCUT2D eigenvalue weighted by Gasteiger charge is 2.21. The lowest BCUT2D eigenvalue weighted by Gasteiger charge is -2.18. The van der Waals surface area contributed by atoms with Crippen molar-refractivity contribution in [2.24, 2.45) is 0 Å². The number of pyridine rings is 1. The number of non-ortho nitro benzene ring substituents is 1. The summed E-state index contributed by atoms with van der Waals surface area (Å²) >= 11 is 0. The van der Waals surface area contributed by atoms with E-state index in [9.17, 15) is 10.1 Å². The second-order valence-corrected chi connectivity index (χ2v) is 7.93. The average Bonchev–Trinajstić information content (AvgIpc) is 2.83. The second-order valence-electron chi connectivity index (χ2n) is 7.93. The summed E-state index contributed by atoms with van der Waals surface area (Å²) in [4.78, 5) is 15.3. The van der Waals surface area contributed by atoms with Gasteiger partial charge in [0, 0.05) is 18.5 Å². The fourth-order valence-corrected chi connectivity index (χ4v) is 4.60. The summed E-state index contributed by atoms with van der Waals surface area (Å²) in [7, 11) is 0. The molecule has 4 aromatic carbocycles. The predicted octanol–water partition coefficient (Wildman–Crippen LogP) is 7.01. The Morgan fingerprint density at radius 3 is 2.32 bits per heavy atom. The summed E-state index contributed by atoms with van der Waals surface area (Å²) in [6.07, 6.45) is 7.97. The van der Waals surface area contributed by atoms with Crippen LogP contribution < -0.4 is 0 Å². The summed E-state index contributed by atoms with van der Waals surface area (Å²) < 4.78 is 0. The van der Waals surface area contributed by atoms with E-state index in [0.29, 0.717) is 0 Å². The normalized spacial score (nSPS) is 12.9. The summed E-state index contributed by atoms with van der Waals surface area (Å²) in [5.41, 5.74) is 2.73. The van der Waals surface area contributed by atoms with E-state index in [1.54, 1.807) is 6.07 Å². The van der Waals surface area contributed by atoms with Crippen LogP contribution in [0.2, 0.25) is 0 Å². The third kappa shape index (κ3) is 3.61. The van der Waals surface area contributed by atoms with Gasteiger partial charge in [0.25, 0.3) is 5.69 Å². The first-order valence-corrected chi connectivity index (χ1v) is 10.6. The first kappa shape index (κ1) is 19.2. The minimum absolute atomic E-state index is 0.232. The Balaban J connectivity index is 0.000000171. The van der Waals surface area contributed by atoms with Crippen LogP contribution in [-0.4, -0.2) is 9.91 Å². The van der Waals surface area contributed by atoms with Crippen LogP contribution >= 0.6 is 0 Å². The van der Waals surface area contributed by atoms with E-state index in [2.05, 4.69) is 35.3 Å². The second kappa shape index (κ2) is 8.15. The van der Waals surface area contributed by atoms with Gasteiger partial charge in [0.15, 0.2) is 0 Å². The third-order valence-corrected chi connectivity index (χ3v) is 6.08. The third-order valence-electron chi connectivity index (χ3n) is 6.08. The topological polar surface area (TPSA) is 56.0 Å². The highest BCUT2D eigenvalue weighted by Crippen LogP contribution is 2.39. The molecule has 0 radical (unpaired) electrons. The minimum atomic E-state index is -0.232. The molecular weight excluding hydrogens is 384 g/mol. The molecule has 0 saturated carbocycles. The molecule has 0 amide bonds. The van der Waals surface area contributed by atoms with Gasteiger partial charge in [-0.05, 0) is 69.8 Å². The zero-order chi connectivity index (χ0) is 21.2. The van der Waals surface area contributed by atoms with Gasteiger partial charge in [-0.3, -0.25) is 15.1 Å². The van der Waals surface area contributed by atoms with E-state index in [4.69, 9.17) is 0 Å². The number of hydrogen-bond donors (Lipinski definition) is 0. The predicted molar refractivity (Wildman–Crippen MR) is 126 cm³/mol. The van der Waals surface area contributed by atoms with Crippen LogP contribution in [0.4, 0.5) is 5.69 Å². The molecule has 0 unspecified atom stereocenters. The molecule has 0 N–H and O–H groups in total. The maximum Gasteiger partial charge on any atom is 0.278 e. The summed E-state index contributed by atoms with van der Waals surface area (Å²) in [6, 6.07) is 24.1. The lowest BCUT2D eigenvalue weighted by Crippen LogP contribution is -2.04. The average molecular weight is 406 g/mol. The molecule has 4 heteroatoms. The van der Waals surface area contributed by atoms with Gasteiger partial charge in [-0.25, -0.2) is 0 Å². The lowest BCUT2D eigenvalue weighted by atomic mass is 9.86. The molecule has 4 nitrogen and oxygen atoms in total. The van der Waals surface area contributed by atoms with Gasteiger partial charge in [0.2, 0.25) is 0 Å². The minimum Gasteiger partial charge on any atom is -0.264 e. The summed E-state index contributed by atoms with van der Waals surface area (Å²) in [5.74, 6) is 0. The molecule has 0 saturated heterocycles. The Bertz CT molecular complexity index is 1360. The molecule has 1 aliphatic rings. The zero-order valence-electron chi connectivity index (χ0n) is 17.1. The van der Waals surface area contributed by atoms with Gasteiger partial charge >= 0.3 is 0 Å². The van der Waals surface area contributed by atoms with Gasteiger partial charge in [-0.1, -0.05) is 60.7 Å². The molecule has 1 aromatic heterocycles. The molecule has 0 aliphatic heterocycles. The molecule has 1 heterocycles. The number of hydrogen-bond acceptors (Lipinski definition) is 3. The van der Waals surface area contributed by atoms with E-state index < -0.39 is 0 Å². The first-order chi connectivity index (χ1) is 15.2.